The number of aromatic nitrogens is 3. The second-order valence-corrected chi connectivity index (χ2v) is 9.59. The largest absolute Gasteiger partial charge is 0.486 e. The Balaban J connectivity index is 1.46. The third-order valence-corrected chi connectivity index (χ3v) is 7.05. The SMILES string of the molecule is CCSc1nc2n(n1)C(c1ccc3c(c1)OCCO3)C1=C(CC(c3ccccc3)CC1=O)N2. The molecule has 2 aliphatic heterocycles. The summed E-state index contributed by atoms with van der Waals surface area (Å²) in [5, 5.41) is 8.91. The number of allylic oxidation sites excluding steroid dienone is 2. The Labute approximate surface area is 196 Å². The Kier molecular flexibility index (Phi) is 5.10. The van der Waals surface area contributed by atoms with E-state index in [1.807, 2.05) is 41.1 Å². The highest BCUT2D eigenvalue weighted by atomic mass is 32.2. The Morgan fingerprint density at radius 2 is 1.88 bits per heavy atom. The molecule has 1 aromatic heterocycles. The molecule has 2 aromatic carbocycles. The van der Waals surface area contributed by atoms with Crippen LogP contribution in [0.4, 0.5) is 5.95 Å². The molecular formula is C25H24N4O3S. The van der Waals surface area contributed by atoms with Crippen molar-refractivity contribution in [1.82, 2.24) is 14.8 Å². The number of thioether (sulfide) groups is 1. The number of hydrogen-bond acceptors (Lipinski definition) is 7. The molecule has 0 saturated heterocycles. The number of carbonyl (C=O) groups excluding carboxylic acids is 1. The van der Waals surface area contributed by atoms with Crippen molar-refractivity contribution in [3.8, 4) is 11.5 Å². The Bertz CT molecular complexity index is 1250. The molecule has 3 aromatic rings. The molecule has 1 N–H and O–H groups in total. The van der Waals surface area contributed by atoms with Gasteiger partial charge in [-0.2, -0.15) is 4.98 Å². The van der Waals surface area contributed by atoms with Crippen LogP contribution in [0.2, 0.25) is 0 Å². The molecule has 0 bridgehead atoms. The van der Waals surface area contributed by atoms with E-state index in [-0.39, 0.29) is 17.7 Å². The lowest BCUT2D eigenvalue weighted by Crippen LogP contribution is -2.33. The first-order chi connectivity index (χ1) is 16.2. The average molecular weight is 461 g/mol. The summed E-state index contributed by atoms with van der Waals surface area (Å²) in [4.78, 5) is 18.3. The van der Waals surface area contributed by atoms with Gasteiger partial charge in [0.05, 0.1) is 0 Å². The van der Waals surface area contributed by atoms with Gasteiger partial charge in [-0.15, -0.1) is 5.10 Å². The summed E-state index contributed by atoms with van der Waals surface area (Å²) in [6.07, 6.45) is 1.24. The van der Waals surface area contributed by atoms with Gasteiger partial charge in [-0.1, -0.05) is 55.1 Å². The fourth-order valence-corrected chi connectivity index (χ4v) is 5.44. The first-order valence-electron chi connectivity index (χ1n) is 11.3. The maximum absolute atomic E-state index is 13.6. The topological polar surface area (TPSA) is 78.3 Å². The quantitative estimate of drug-likeness (QED) is 0.571. The van der Waals surface area contributed by atoms with Gasteiger partial charge in [-0.3, -0.25) is 4.79 Å². The highest BCUT2D eigenvalue weighted by Crippen LogP contribution is 2.45. The molecule has 3 heterocycles. The molecule has 6 rings (SSSR count). The number of anilines is 1. The molecule has 8 heteroatoms. The van der Waals surface area contributed by atoms with Crippen LogP contribution in [0.3, 0.4) is 0 Å². The van der Waals surface area contributed by atoms with E-state index < -0.39 is 0 Å². The molecule has 1 aliphatic carbocycles. The molecule has 0 radical (unpaired) electrons. The molecule has 2 atom stereocenters. The smallest absolute Gasteiger partial charge is 0.227 e. The molecule has 0 fully saturated rings. The van der Waals surface area contributed by atoms with Crippen LogP contribution in [0.25, 0.3) is 0 Å². The number of rotatable bonds is 4. The van der Waals surface area contributed by atoms with Gasteiger partial charge in [0.2, 0.25) is 11.1 Å². The summed E-state index contributed by atoms with van der Waals surface area (Å²) in [6.45, 7) is 3.13. The minimum absolute atomic E-state index is 0.142. The van der Waals surface area contributed by atoms with E-state index in [1.165, 1.54) is 5.56 Å². The van der Waals surface area contributed by atoms with Crippen molar-refractivity contribution in [3.05, 3.63) is 70.9 Å². The summed E-state index contributed by atoms with van der Waals surface area (Å²) < 4.78 is 13.4. The van der Waals surface area contributed by atoms with Crippen LogP contribution in [-0.2, 0) is 4.79 Å². The zero-order valence-corrected chi connectivity index (χ0v) is 19.1. The number of ether oxygens (including phenoxy) is 2. The molecule has 0 saturated carbocycles. The van der Waals surface area contributed by atoms with Gasteiger partial charge in [-0.25, -0.2) is 4.68 Å². The van der Waals surface area contributed by atoms with Gasteiger partial charge in [0.25, 0.3) is 0 Å². The lowest BCUT2D eigenvalue weighted by atomic mass is 9.78. The van der Waals surface area contributed by atoms with Crippen molar-refractivity contribution in [2.45, 2.75) is 36.9 Å². The third-order valence-electron chi connectivity index (χ3n) is 6.33. The van der Waals surface area contributed by atoms with Gasteiger partial charge >= 0.3 is 0 Å². The van der Waals surface area contributed by atoms with E-state index in [0.29, 0.717) is 36.5 Å². The first kappa shape index (κ1) is 20.4. The highest BCUT2D eigenvalue weighted by molar-refractivity contribution is 7.99. The molecule has 0 amide bonds. The van der Waals surface area contributed by atoms with Gasteiger partial charge in [0.15, 0.2) is 17.3 Å². The predicted molar refractivity (Wildman–Crippen MR) is 126 cm³/mol. The molecule has 0 spiro atoms. The average Bonchev–Trinajstić information content (AvgIpc) is 3.25. The van der Waals surface area contributed by atoms with Crippen LogP contribution in [0.1, 0.15) is 42.9 Å². The first-order valence-corrected chi connectivity index (χ1v) is 12.3. The number of fused-ring (bicyclic) bond motifs is 2. The summed E-state index contributed by atoms with van der Waals surface area (Å²) in [7, 11) is 0. The zero-order chi connectivity index (χ0) is 22.4. The van der Waals surface area contributed by atoms with Crippen molar-refractivity contribution in [2.24, 2.45) is 0 Å². The summed E-state index contributed by atoms with van der Waals surface area (Å²) in [5.74, 6) is 3.27. The van der Waals surface area contributed by atoms with Crippen LogP contribution < -0.4 is 14.8 Å². The van der Waals surface area contributed by atoms with Crippen molar-refractivity contribution in [2.75, 3.05) is 24.3 Å². The second kappa shape index (κ2) is 8.26. The number of nitrogens with zero attached hydrogens (tertiary/aromatic N) is 3. The molecule has 33 heavy (non-hydrogen) atoms. The minimum Gasteiger partial charge on any atom is -0.486 e. The second-order valence-electron chi connectivity index (χ2n) is 8.36. The van der Waals surface area contributed by atoms with E-state index in [1.54, 1.807) is 11.8 Å². The van der Waals surface area contributed by atoms with E-state index >= 15 is 0 Å². The van der Waals surface area contributed by atoms with Gasteiger partial charge < -0.3 is 14.8 Å². The summed E-state index contributed by atoms with van der Waals surface area (Å²) in [5.41, 5.74) is 3.83. The molecule has 7 nitrogen and oxygen atoms in total. The van der Waals surface area contributed by atoms with Crippen LogP contribution >= 0.6 is 11.8 Å². The summed E-state index contributed by atoms with van der Waals surface area (Å²) in [6, 6.07) is 15.8. The van der Waals surface area contributed by atoms with Crippen LogP contribution in [0.15, 0.2) is 65.0 Å². The monoisotopic (exact) mass is 460 g/mol. The molecular weight excluding hydrogens is 436 g/mol. The van der Waals surface area contributed by atoms with Crippen LogP contribution in [0.5, 0.6) is 11.5 Å². The van der Waals surface area contributed by atoms with E-state index in [2.05, 4.69) is 24.4 Å². The van der Waals surface area contributed by atoms with Gasteiger partial charge in [0.1, 0.15) is 19.3 Å². The number of hydrogen-bond donors (Lipinski definition) is 1. The highest BCUT2D eigenvalue weighted by Gasteiger charge is 2.40. The van der Waals surface area contributed by atoms with E-state index in [4.69, 9.17) is 19.6 Å². The Hall–Kier alpha value is -3.26. The molecule has 168 valence electrons. The van der Waals surface area contributed by atoms with Crippen molar-refractivity contribution in [1.29, 1.82) is 0 Å². The maximum atomic E-state index is 13.6. The Morgan fingerprint density at radius 1 is 1.06 bits per heavy atom. The van der Waals surface area contributed by atoms with E-state index in [0.717, 1.165) is 34.8 Å². The fourth-order valence-electron chi connectivity index (χ4n) is 4.88. The standard InChI is InChI=1S/C25H24N4O3S/c1-2-33-25-27-24-26-18-12-17(15-6-4-3-5-7-15)13-19(30)22(18)23(29(24)28-25)16-8-9-20-21(14-16)32-11-10-31-20/h3-9,14,17,23H,2,10-13H2,1H3,(H,26,27,28). The van der Waals surface area contributed by atoms with Gasteiger partial charge in [0, 0.05) is 17.7 Å². The number of nitrogens with one attached hydrogen (secondary N) is 1. The normalized spacial score (nSPS) is 21.3. The number of carbonyl (C=O) groups is 1. The maximum Gasteiger partial charge on any atom is 0.227 e. The minimum atomic E-state index is -0.352. The zero-order valence-electron chi connectivity index (χ0n) is 18.3. The number of Topliss-reactive ketones (excluding diaryl/α,β-unsaturated/α-hetero) is 1. The lowest BCUT2D eigenvalue weighted by Gasteiger charge is -2.35. The van der Waals surface area contributed by atoms with Crippen molar-refractivity contribution >= 4 is 23.5 Å². The Morgan fingerprint density at radius 3 is 2.70 bits per heavy atom. The molecule has 2 unspecified atom stereocenters. The van der Waals surface area contributed by atoms with E-state index in [9.17, 15) is 4.79 Å². The van der Waals surface area contributed by atoms with Crippen LogP contribution in [-0.4, -0.2) is 39.5 Å². The third kappa shape index (κ3) is 3.58. The predicted octanol–water partition coefficient (Wildman–Crippen LogP) is 4.58. The van der Waals surface area contributed by atoms with Crippen molar-refractivity contribution < 1.29 is 14.3 Å². The molecule has 3 aliphatic rings. The number of ketones is 1. The van der Waals surface area contributed by atoms with Crippen LogP contribution in [0, 0.1) is 0 Å². The number of benzene rings is 2. The fraction of sp³-hybridized carbons (Fsp3) is 0.320. The summed E-state index contributed by atoms with van der Waals surface area (Å²) >= 11 is 1.59. The van der Waals surface area contributed by atoms with Crippen molar-refractivity contribution in [3.63, 3.8) is 0 Å². The lowest BCUT2D eigenvalue weighted by molar-refractivity contribution is -0.116. The van der Waals surface area contributed by atoms with Gasteiger partial charge in [-0.05, 0) is 41.4 Å².